The van der Waals surface area contributed by atoms with Crippen LogP contribution in [0.15, 0.2) is 36.5 Å². The fourth-order valence-electron chi connectivity index (χ4n) is 4.55. The Kier molecular flexibility index (Phi) is 3.75. The summed E-state index contributed by atoms with van der Waals surface area (Å²) in [4.78, 5) is 14.5. The highest BCUT2D eigenvalue weighted by Crippen LogP contribution is 2.52. The Morgan fingerprint density at radius 1 is 1.23 bits per heavy atom. The first-order valence-corrected chi connectivity index (χ1v) is 8.16. The highest BCUT2D eigenvalue weighted by atomic mass is 16.2. The van der Waals surface area contributed by atoms with Crippen molar-refractivity contribution < 1.29 is 4.79 Å². The van der Waals surface area contributed by atoms with Gasteiger partial charge in [-0.2, -0.15) is 0 Å². The highest BCUT2D eigenvalue weighted by molar-refractivity contribution is 5.77. The van der Waals surface area contributed by atoms with E-state index in [4.69, 9.17) is 0 Å². The van der Waals surface area contributed by atoms with Gasteiger partial charge in [0.25, 0.3) is 0 Å². The molecule has 0 radical (unpaired) electrons. The Bertz CT molecular complexity index is 578. The summed E-state index contributed by atoms with van der Waals surface area (Å²) in [6.07, 6.45) is 7.16. The van der Waals surface area contributed by atoms with E-state index in [0.717, 1.165) is 24.9 Å². The van der Waals surface area contributed by atoms with E-state index < -0.39 is 0 Å². The third kappa shape index (κ3) is 3.18. The highest BCUT2D eigenvalue weighted by Gasteiger charge is 2.50. The summed E-state index contributed by atoms with van der Waals surface area (Å²) in [5.41, 5.74) is 1.72. The van der Waals surface area contributed by atoms with Crippen molar-refractivity contribution in [1.29, 1.82) is 0 Å². The molecule has 1 saturated carbocycles. The van der Waals surface area contributed by atoms with Crippen LogP contribution in [0.4, 0.5) is 4.79 Å². The zero-order valence-electron chi connectivity index (χ0n) is 13.8. The lowest BCUT2D eigenvalue weighted by Crippen LogP contribution is -2.41. The molecule has 2 bridgehead atoms. The SMILES string of the molecule is CC1(C)CC2CC(C)(CN2C(=O)N/C=C/c2ccccc2)C1. The van der Waals surface area contributed by atoms with Crippen LogP contribution in [0.5, 0.6) is 0 Å². The molecule has 1 saturated heterocycles. The van der Waals surface area contributed by atoms with E-state index in [1.165, 1.54) is 6.42 Å². The second kappa shape index (κ2) is 5.45. The van der Waals surface area contributed by atoms with Crippen molar-refractivity contribution in [3.8, 4) is 0 Å². The molecule has 3 rings (SSSR count). The zero-order valence-corrected chi connectivity index (χ0v) is 13.8. The molecule has 1 N–H and O–H groups in total. The van der Waals surface area contributed by atoms with Crippen LogP contribution in [0.3, 0.4) is 0 Å². The normalized spacial score (nSPS) is 29.8. The molecule has 2 unspecified atom stereocenters. The minimum atomic E-state index is 0.0404. The van der Waals surface area contributed by atoms with Crippen molar-refractivity contribution in [2.24, 2.45) is 10.8 Å². The predicted octanol–water partition coefficient (Wildman–Crippen LogP) is 4.27. The Morgan fingerprint density at radius 2 is 1.95 bits per heavy atom. The summed E-state index contributed by atoms with van der Waals surface area (Å²) < 4.78 is 0. The van der Waals surface area contributed by atoms with Crippen molar-refractivity contribution in [3.63, 3.8) is 0 Å². The molecule has 1 aliphatic heterocycles. The summed E-state index contributed by atoms with van der Waals surface area (Å²) in [6, 6.07) is 10.5. The molecule has 2 aliphatic rings. The molecule has 2 fully saturated rings. The lowest BCUT2D eigenvalue weighted by atomic mass is 9.65. The Hall–Kier alpha value is -1.77. The van der Waals surface area contributed by atoms with Crippen LogP contribution in [0.25, 0.3) is 6.08 Å². The van der Waals surface area contributed by atoms with Crippen LogP contribution < -0.4 is 5.32 Å². The van der Waals surface area contributed by atoms with Gasteiger partial charge in [-0.1, -0.05) is 51.1 Å². The quantitative estimate of drug-likeness (QED) is 0.869. The molecule has 1 aromatic rings. The molecule has 3 nitrogen and oxygen atoms in total. The van der Waals surface area contributed by atoms with Gasteiger partial charge < -0.3 is 10.2 Å². The van der Waals surface area contributed by atoms with Crippen LogP contribution in [-0.2, 0) is 0 Å². The average Bonchev–Trinajstić information content (AvgIpc) is 2.69. The van der Waals surface area contributed by atoms with Gasteiger partial charge in [0.15, 0.2) is 0 Å². The molecule has 1 aromatic carbocycles. The number of rotatable bonds is 2. The number of likely N-dealkylation sites (tertiary alicyclic amines) is 1. The summed E-state index contributed by atoms with van der Waals surface area (Å²) >= 11 is 0. The Morgan fingerprint density at radius 3 is 2.68 bits per heavy atom. The first kappa shape index (κ1) is 15.1. The fraction of sp³-hybridized carbons (Fsp3) is 0.526. The number of hydrogen-bond acceptors (Lipinski definition) is 1. The number of benzene rings is 1. The standard InChI is InChI=1S/C19H26N2O/c1-18(2)11-16-12-19(3,13-18)14-21(16)17(22)20-10-9-15-7-5-4-6-8-15/h4-10,16H,11-14H2,1-3H3,(H,20,22)/b10-9+. The summed E-state index contributed by atoms with van der Waals surface area (Å²) in [5, 5.41) is 2.94. The van der Waals surface area contributed by atoms with Crippen LogP contribution in [0, 0.1) is 10.8 Å². The Balaban J connectivity index is 1.63. The number of fused-ring (bicyclic) bond motifs is 2. The number of amides is 2. The maximum Gasteiger partial charge on any atom is 0.321 e. The minimum absolute atomic E-state index is 0.0404. The lowest BCUT2D eigenvalue weighted by molar-refractivity contribution is 0.129. The van der Waals surface area contributed by atoms with Gasteiger partial charge in [-0.15, -0.1) is 0 Å². The third-order valence-electron chi connectivity index (χ3n) is 4.96. The van der Waals surface area contributed by atoms with Crippen LogP contribution >= 0.6 is 0 Å². The van der Waals surface area contributed by atoms with Crippen molar-refractivity contribution in [3.05, 3.63) is 42.1 Å². The maximum absolute atomic E-state index is 12.5. The summed E-state index contributed by atoms with van der Waals surface area (Å²) in [6.45, 7) is 7.86. The number of nitrogens with one attached hydrogen (secondary N) is 1. The predicted molar refractivity (Wildman–Crippen MR) is 90.2 cm³/mol. The van der Waals surface area contributed by atoms with Crippen molar-refractivity contribution in [2.45, 2.75) is 46.1 Å². The van der Waals surface area contributed by atoms with E-state index in [0.29, 0.717) is 11.5 Å². The fourth-order valence-corrected chi connectivity index (χ4v) is 4.55. The topological polar surface area (TPSA) is 32.3 Å². The van der Waals surface area contributed by atoms with Crippen LogP contribution in [0.1, 0.15) is 45.6 Å². The first-order chi connectivity index (χ1) is 10.4. The van der Waals surface area contributed by atoms with E-state index in [9.17, 15) is 4.79 Å². The number of carbonyl (C=O) groups is 1. The molecule has 0 aromatic heterocycles. The number of carbonyl (C=O) groups excluding carboxylic acids is 1. The molecular formula is C19H26N2O. The van der Waals surface area contributed by atoms with Crippen LogP contribution in [0.2, 0.25) is 0 Å². The Labute approximate surface area is 133 Å². The molecule has 118 valence electrons. The van der Waals surface area contributed by atoms with Gasteiger partial charge in [0.2, 0.25) is 0 Å². The smallest absolute Gasteiger partial charge is 0.321 e. The summed E-state index contributed by atoms with van der Waals surface area (Å²) in [5.74, 6) is 0. The largest absolute Gasteiger partial charge is 0.321 e. The van der Waals surface area contributed by atoms with Gasteiger partial charge in [0.1, 0.15) is 0 Å². The van der Waals surface area contributed by atoms with E-state index in [2.05, 4.69) is 26.1 Å². The average molecular weight is 298 g/mol. The molecule has 1 aliphatic carbocycles. The lowest BCUT2D eigenvalue weighted by Gasteiger charge is -2.39. The third-order valence-corrected chi connectivity index (χ3v) is 4.96. The van der Waals surface area contributed by atoms with E-state index in [1.807, 2.05) is 41.3 Å². The molecule has 3 heteroatoms. The molecule has 0 spiro atoms. The van der Waals surface area contributed by atoms with Gasteiger partial charge in [-0.25, -0.2) is 4.79 Å². The van der Waals surface area contributed by atoms with Gasteiger partial charge in [-0.3, -0.25) is 0 Å². The number of nitrogens with zero attached hydrogens (tertiary/aromatic N) is 1. The van der Waals surface area contributed by atoms with E-state index in [1.54, 1.807) is 6.20 Å². The molecule has 22 heavy (non-hydrogen) atoms. The number of urea groups is 1. The molecule has 2 amide bonds. The van der Waals surface area contributed by atoms with Crippen molar-refractivity contribution in [2.75, 3.05) is 6.54 Å². The molecular weight excluding hydrogens is 272 g/mol. The molecule has 1 heterocycles. The van der Waals surface area contributed by atoms with Crippen molar-refractivity contribution in [1.82, 2.24) is 10.2 Å². The second-order valence-electron chi connectivity index (χ2n) is 8.04. The minimum Gasteiger partial charge on any atom is -0.321 e. The van der Waals surface area contributed by atoms with Crippen molar-refractivity contribution >= 4 is 12.1 Å². The summed E-state index contributed by atoms with van der Waals surface area (Å²) in [7, 11) is 0. The first-order valence-electron chi connectivity index (χ1n) is 8.16. The maximum atomic E-state index is 12.5. The van der Waals surface area contributed by atoms with Crippen LogP contribution in [-0.4, -0.2) is 23.5 Å². The van der Waals surface area contributed by atoms with E-state index in [-0.39, 0.29) is 11.4 Å². The monoisotopic (exact) mass is 298 g/mol. The van der Waals surface area contributed by atoms with Gasteiger partial charge in [-0.05, 0) is 41.7 Å². The molecule has 2 atom stereocenters. The van der Waals surface area contributed by atoms with E-state index >= 15 is 0 Å². The second-order valence-corrected chi connectivity index (χ2v) is 8.04. The number of hydrogen-bond donors (Lipinski definition) is 1. The zero-order chi connectivity index (χ0) is 15.8. The van der Waals surface area contributed by atoms with Gasteiger partial charge in [0.05, 0.1) is 0 Å². The van der Waals surface area contributed by atoms with Gasteiger partial charge in [0, 0.05) is 18.8 Å². The van der Waals surface area contributed by atoms with Gasteiger partial charge >= 0.3 is 6.03 Å².